The lowest BCUT2D eigenvalue weighted by atomic mass is 10.1. The van der Waals surface area contributed by atoms with Crippen LogP contribution >= 0.6 is 0 Å². The van der Waals surface area contributed by atoms with E-state index in [4.69, 9.17) is 5.73 Å². The Hall–Kier alpha value is -0.800. The summed E-state index contributed by atoms with van der Waals surface area (Å²) >= 11 is 0. The van der Waals surface area contributed by atoms with E-state index in [2.05, 4.69) is 28.8 Å². The molecule has 1 fully saturated rings. The maximum absolute atomic E-state index is 5.66. The molecule has 2 rings (SSSR count). The van der Waals surface area contributed by atoms with E-state index in [1.165, 1.54) is 43.6 Å². The van der Waals surface area contributed by atoms with Crippen LogP contribution in [0.15, 0.2) is 12.3 Å². The fourth-order valence-electron chi connectivity index (χ4n) is 2.35. The lowest BCUT2D eigenvalue weighted by molar-refractivity contribution is 0.221. The van der Waals surface area contributed by atoms with Crippen molar-refractivity contribution in [1.29, 1.82) is 0 Å². The van der Waals surface area contributed by atoms with E-state index in [1.54, 1.807) is 0 Å². The van der Waals surface area contributed by atoms with Gasteiger partial charge in [-0.25, -0.2) is 0 Å². The summed E-state index contributed by atoms with van der Waals surface area (Å²) in [6.07, 6.45) is 6.32. The number of nitrogens with zero attached hydrogens (tertiary/aromatic N) is 2. The molecule has 1 aromatic heterocycles. The molecule has 1 aromatic rings. The molecule has 0 aliphatic carbocycles. The molecule has 1 aliphatic heterocycles. The Morgan fingerprint density at radius 2 is 2.00 bits per heavy atom. The summed E-state index contributed by atoms with van der Waals surface area (Å²) in [4.78, 5) is 2.54. The molecule has 0 radical (unpaired) electrons. The average Bonchev–Trinajstić information content (AvgIpc) is 2.60. The van der Waals surface area contributed by atoms with Gasteiger partial charge in [0.05, 0.1) is 0 Å². The lowest BCUT2D eigenvalue weighted by Crippen LogP contribution is -2.28. The van der Waals surface area contributed by atoms with Crippen molar-refractivity contribution in [2.45, 2.75) is 32.4 Å². The number of hydrogen-bond acceptors (Lipinski definition) is 2. The van der Waals surface area contributed by atoms with E-state index in [0.29, 0.717) is 6.54 Å². The molecular formula is C12H21N3. The maximum Gasteiger partial charge on any atom is 0.0334 e. The second-order valence-electron chi connectivity index (χ2n) is 4.49. The van der Waals surface area contributed by atoms with E-state index >= 15 is 0 Å². The smallest absolute Gasteiger partial charge is 0.0334 e. The molecule has 84 valence electrons. The van der Waals surface area contributed by atoms with Crippen molar-refractivity contribution in [3.05, 3.63) is 23.5 Å². The van der Waals surface area contributed by atoms with Gasteiger partial charge in [-0.1, -0.05) is 6.42 Å². The summed E-state index contributed by atoms with van der Waals surface area (Å²) < 4.78 is 2.14. The van der Waals surface area contributed by atoms with E-state index in [0.717, 1.165) is 6.54 Å². The minimum absolute atomic E-state index is 0.635. The van der Waals surface area contributed by atoms with Crippen LogP contribution < -0.4 is 5.73 Å². The minimum atomic E-state index is 0.635. The Bertz CT molecular complexity index is 311. The molecule has 0 aromatic carbocycles. The molecular weight excluding hydrogens is 186 g/mol. The highest BCUT2D eigenvalue weighted by atomic mass is 15.1. The number of hydrogen-bond donors (Lipinski definition) is 1. The van der Waals surface area contributed by atoms with Gasteiger partial charge in [-0.15, -0.1) is 0 Å². The SMILES string of the molecule is Cn1cc(CN2CCCCC2)cc1CN. The molecule has 0 unspecified atom stereocenters. The highest BCUT2D eigenvalue weighted by Crippen LogP contribution is 2.14. The Labute approximate surface area is 91.9 Å². The van der Waals surface area contributed by atoms with Gasteiger partial charge in [-0.05, 0) is 37.6 Å². The Kier molecular flexibility index (Phi) is 3.44. The van der Waals surface area contributed by atoms with Crippen LogP contribution in [0.2, 0.25) is 0 Å². The molecule has 3 nitrogen and oxygen atoms in total. The van der Waals surface area contributed by atoms with Gasteiger partial charge in [0, 0.05) is 32.0 Å². The first-order chi connectivity index (χ1) is 7.29. The van der Waals surface area contributed by atoms with E-state index in [9.17, 15) is 0 Å². The van der Waals surface area contributed by atoms with Crippen LogP contribution in [-0.2, 0) is 20.1 Å². The summed E-state index contributed by atoms with van der Waals surface area (Å²) in [5, 5.41) is 0. The highest BCUT2D eigenvalue weighted by molar-refractivity contribution is 5.18. The average molecular weight is 207 g/mol. The fourth-order valence-corrected chi connectivity index (χ4v) is 2.35. The van der Waals surface area contributed by atoms with Crippen LogP contribution in [0.3, 0.4) is 0 Å². The predicted octanol–water partition coefficient (Wildman–Crippen LogP) is 1.47. The van der Waals surface area contributed by atoms with Crippen molar-refractivity contribution < 1.29 is 0 Å². The molecule has 15 heavy (non-hydrogen) atoms. The number of nitrogens with two attached hydrogens (primary N) is 1. The van der Waals surface area contributed by atoms with Crippen LogP contribution in [0, 0.1) is 0 Å². The minimum Gasteiger partial charge on any atom is -0.353 e. The predicted molar refractivity (Wildman–Crippen MR) is 62.4 cm³/mol. The van der Waals surface area contributed by atoms with E-state index in [-0.39, 0.29) is 0 Å². The number of aromatic nitrogens is 1. The normalized spacial score (nSPS) is 18.3. The lowest BCUT2D eigenvalue weighted by Gasteiger charge is -2.25. The standard InChI is InChI=1S/C12H21N3/c1-14-9-11(7-12(14)8-13)10-15-5-3-2-4-6-15/h7,9H,2-6,8,10,13H2,1H3. The number of rotatable bonds is 3. The first kappa shape index (κ1) is 10.7. The quantitative estimate of drug-likeness (QED) is 0.814. The first-order valence-corrected chi connectivity index (χ1v) is 5.86. The third-order valence-corrected chi connectivity index (χ3v) is 3.23. The molecule has 2 N–H and O–H groups in total. The summed E-state index contributed by atoms with van der Waals surface area (Å²) in [5.41, 5.74) is 8.29. The van der Waals surface area contributed by atoms with Crippen LogP contribution in [0.1, 0.15) is 30.5 Å². The zero-order valence-corrected chi connectivity index (χ0v) is 9.58. The molecule has 1 saturated heterocycles. The largest absolute Gasteiger partial charge is 0.353 e. The maximum atomic E-state index is 5.66. The second-order valence-corrected chi connectivity index (χ2v) is 4.49. The van der Waals surface area contributed by atoms with Crippen LogP contribution in [0.25, 0.3) is 0 Å². The zero-order valence-electron chi connectivity index (χ0n) is 9.58. The summed E-state index contributed by atoms with van der Waals surface area (Å²) in [5.74, 6) is 0. The van der Waals surface area contributed by atoms with Gasteiger partial charge in [-0.2, -0.15) is 0 Å². The van der Waals surface area contributed by atoms with Crippen molar-refractivity contribution in [2.75, 3.05) is 13.1 Å². The van der Waals surface area contributed by atoms with Crippen LogP contribution in [0.4, 0.5) is 0 Å². The van der Waals surface area contributed by atoms with Crippen LogP contribution in [0.5, 0.6) is 0 Å². The van der Waals surface area contributed by atoms with Gasteiger partial charge >= 0.3 is 0 Å². The van der Waals surface area contributed by atoms with Crippen molar-refractivity contribution in [2.24, 2.45) is 12.8 Å². The molecule has 0 bridgehead atoms. The van der Waals surface area contributed by atoms with Gasteiger partial charge in [0.25, 0.3) is 0 Å². The number of likely N-dealkylation sites (tertiary alicyclic amines) is 1. The topological polar surface area (TPSA) is 34.2 Å². The van der Waals surface area contributed by atoms with Crippen molar-refractivity contribution in [3.63, 3.8) is 0 Å². The molecule has 0 saturated carbocycles. The van der Waals surface area contributed by atoms with Crippen molar-refractivity contribution in [1.82, 2.24) is 9.47 Å². The van der Waals surface area contributed by atoms with E-state index < -0.39 is 0 Å². The van der Waals surface area contributed by atoms with Gasteiger partial charge in [0.15, 0.2) is 0 Å². The Morgan fingerprint density at radius 1 is 1.27 bits per heavy atom. The van der Waals surface area contributed by atoms with Crippen LogP contribution in [-0.4, -0.2) is 22.6 Å². The summed E-state index contributed by atoms with van der Waals surface area (Å²) in [7, 11) is 2.07. The molecule has 1 aliphatic rings. The Morgan fingerprint density at radius 3 is 2.60 bits per heavy atom. The Balaban J connectivity index is 1.97. The van der Waals surface area contributed by atoms with Gasteiger partial charge < -0.3 is 10.3 Å². The number of aryl methyl sites for hydroxylation is 1. The molecule has 0 atom stereocenters. The third-order valence-electron chi connectivity index (χ3n) is 3.23. The summed E-state index contributed by atoms with van der Waals surface area (Å²) in [6, 6.07) is 2.23. The third kappa shape index (κ3) is 2.61. The highest BCUT2D eigenvalue weighted by Gasteiger charge is 2.11. The second kappa shape index (κ2) is 4.81. The molecule has 0 spiro atoms. The monoisotopic (exact) mass is 207 g/mol. The fraction of sp³-hybridized carbons (Fsp3) is 0.667. The van der Waals surface area contributed by atoms with Gasteiger partial charge in [0.2, 0.25) is 0 Å². The molecule has 3 heteroatoms. The molecule has 0 amide bonds. The van der Waals surface area contributed by atoms with Gasteiger partial charge in [-0.3, -0.25) is 4.90 Å². The van der Waals surface area contributed by atoms with Gasteiger partial charge in [0.1, 0.15) is 0 Å². The summed E-state index contributed by atoms with van der Waals surface area (Å²) in [6.45, 7) is 4.24. The zero-order chi connectivity index (χ0) is 10.7. The number of piperidine rings is 1. The van der Waals surface area contributed by atoms with Crippen molar-refractivity contribution >= 4 is 0 Å². The van der Waals surface area contributed by atoms with E-state index in [1.807, 2.05) is 0 Å². The van der Waals surface area contributed by atoms with Crippen molar-refractivity contribution in [3.8, 4) is 0 Å². The first-order valence-electron chi connectivity index (χ1n) is 5.86. The molecule has 2 heterocycles.